The maximum absolute atomic E-state index is 12.5. The van der Waals surface area contributed by atoms with Gasteiger partial charge in [0, 0.05) is 0 Å². The normalized spacial score (nSPS) is 11.3. The number of carbonyl (C=O) groups excluding carboxylic acids is 1. The molecule has 0 spiro atoms. The minimum Gasteiger partial charge on any atom is -0.480 e. The fraction of sp³-hybridized carbons (Fsp3) is 0.571. The van der Waals surface area contributed by atoms with E-state index in [1.807, 2.05) is 6.26 Å². The van der Waals surface area contributed by atoms with Crippen LogP contribution in [0.4, 0.5) is 0 Å². The summed E-state index contributed by atoms with van der Waals surface area (Å²) >= 11 is 1.34. The van der Waals surface area contributed by atoms with E-state index in [-0.39, 0.29) is 0 Å². The van der Waals surface area contributed by atoms with Crippen LogP contribution in [-0.4, -0.2) is 38.7 Å². The molecular formula is C14H21N3O3S. The highest BCUT2D eigenvalue weighted by atomic mass is 32.2. The van der Waals surface area contributed by atoms with Crippen molar-refractivity contribution in [1.29, 1.82) is 0 Å². The molecule has 116 valence electrons. The third-order valence-electron chi connectivity index (χ3n) is 3.56. The standard InChI is InChI=1S/C14H21N3O3S/c1-6-14(7-2,13(19)20)17-11(18)10-8(3)15-9(4)16-12(10)21-5/h6-7H2,1-5H3,(H,17,18)(H,19,20). The zero-order valence-electron chi connectivity index (χ0n) is 13.0. The Morgan fingerprint density at radius 3 is 2.24 bits per heavy atom. The summed E-state index contributed by atoms with van der Waals surface area (Å²) in [6.45, 7) is 6.97. The molecule has 1 rings (SSSR count). The molecule has 0 aliphatic heterocycles. The first-order chi connectivity index (χ1) is 9.81. The molecule has 6 nitrogen and oxygen atoms in total. The van der Waals surface area contributed by atoms with Crippen molar-refractivity contribution in [1.82, 2.24) is 15.3 Å². The van der Waals surface area contributed by atoms with E-state index in [9.17, 15) is 14.7 Å². The van der Waals surface area contributed by atoms with Gasteiger partial charge in [0.1, 0.15) is 16.4 Å². The van der Waals surface area contributed by atoms with Gasteiger partial charge in [-0.25, -0.2) is 14.8 Å². The summed E-state index contributed by atoms with van der Waals surface area (Å²) in [5, 5.41) is 12.6. The lowest BCUT2D eigenvalue weighted by molar-refractivity contribution is -0.144. The first-order valence-electron chi connectivity index (χ1n) is 6.76. The summed E-state index contributed by atoms with van der Waals surface area (Å²) < 4.78 is 0. The lowest BCUT2D eigenvalue weighted by atomic mass is 9.92. The molecule has 1 amide bonds. The minimum absolute atomic E-state index is 0.310. The van der Waals surface area contributed by atoms with Crippen molar-refractivity contribution < 1.29 is 14.7 Å². The van der Waals surface area contributed by atoms with Crippen LogP contribution < -0.4 is 5.32 Å². The van der Waals surface area contributed by atoms with E-state index >= 15 is 0 Å². The van der Waals surface area contributed by atoms with Gasteiger partial charge in [0.25, 0.3) is 5.91 Å². The molecule has 0 saturated heterocycles. The van der Waals surface area contributed by atoms with Crippen molar-refractivity contribution in [3.8, 4) is 0 Å². The van der Waals surface area contributed by atoms with Gasteiger partial charge in [-0.1, -0.05) is 13.8 Å². The number of nitrogens with one attached hydrogen (secondary N) is 1. The lowest BCUT2D eigenvalue weighted by Gasteiger charge is -2.28. The molecule has 0 saturated carbocycles. The van der Waals surface area contributed by atoms with E-state index in [1.54, 1.807) is 27.7 Å². The summed E-state index contributed by atoms with van der Waals surface area (Å²) in [6, 6.07) is 0. The molecule has 0 unspecified atom stereocenters. The lowest BCUT2D eigenvalue weighted by Crippen LogP contribution is -2.54. The Labute approximate surface area is 128 Å². The predicted octanol–water partition coefficient (Wildman–Crippen LogP) is 2.19. The topological polar surface area (TPSA) is 92.2 Å². The molecule has 0 fully saturated rings. The largest absolute Gasteiger partial charge is 0.480 e. The van der Waals surface area contributed by atoms with Gasteiger partial charge in [-0.05, 0) is 32.9 Å². The molecule has 0 radical (unpaired) electrons. The second-order valence-electron chi connectivity index (χ2n) is 4.79. The SMILES string of the molecule is CCC(CC)(NC(=O)c1c(C)nc(C)nc1SC)C(=O)O. The number of aromatic nitrogens is 2. The van der Waals surface area contributed by atoms with Crippen LogP contribution in [-0.2, 0) is 4.79 Å². The Morgan fingerprint density at radius 2 is 1.81 bits per heavy atom. The van der Waals surface area contributed by atoms with Crippen LogP contribution in [0.1, 0.15) is 48.6 Å². The van der Waals surface area contributed by atoms with Gasteiger partial charge < -0.3 is 10.4 Å². The summed E-state index contributed by atoms with van der Waals surface area (Å²) in [6.07, 6.45) is 2.44. The third-order valence-corrected chi connectivity index (χ3v) is 4.24. The van der Waals surface area contributed by atoms with Crippen LogP contribution in [0.25, 0.3) is 0 Å². The Kier molecular flexibility index (Phi) is 5.71. The first-order valence-corrected chi connectivity index (χ1v) is 7.98. The highest BCUT2D eigenvalue weighted by Crippen LogP contribution is 2.23. The van der Waals surface area contributed by atoms with Crippen molar-refractivity contribution in [2.75, 3.05) is 6.26 Å². The number of rotatable bonds is 6. The number of hydrogen-bond acceptors (Lipinski definition) is 5. The van der Waals surface area contributed by atoms with Crippen molar-refractivity contribution >= 4 is 23.6 Å². The molecule has 1 heterocycles. The maximum Gasteiger partial charge on any atom is 0.329 e. The quantitative estimate of drug-likeness (QED) is 0.618. The smallest absolute Gasteiger partial charge is 0.329 e. The fourth-order valence-corrected chi connectivity index (χ4v) is 2.82. The van der Waals surface area contributed by atoms with Gasteiger partial charge in [-0.3, -0.25) is 4.79 Å². The number of nitrogens with zero attached hydrogens (tertiary/aromatic N) is 2. The number of carbonyl (C=O) groups is 2. The predicted molar refractivity (Wildman–Crippen MR) is 81.7 cm³/mol. The molecule has 7 heteroatoms. The number of aryl methyl sites for hydroxylation is 2. The van der Waals surface area contributed by atoms with Gasteiger partial charge in [-0.2, -0.15) is 0 Å². The molecule has 0 aromatic carbocycles. The van der Waals surface area contributed by atoms with Crippen molar-refractivity contribution in [2.45, 2.75) is 51.1 Å². The molecule has 0 atom stereocenters. The highest BCUT2D eigenvalue weighted by molar-refractivity contribution is 7.98. The van der Waals surface area contributed by atoms with Gasteiger partial charge in [0.05, 0.1) is 11.3 Å². The summed E-state index contributed by atoms with van der Waals surface area (Å²) in [5.41, 5.74) is -0.360. The molecule has 0 aliphatic rings. The van der Waals surface area contributed by atoms with Crippen LogP contribution in [0.3, 0.4) is 0 Å². The van der Waals surface area contributed by atoms with E-state index in [4.69, 9.17) is 0 Å². The molecule has 2 N–H and O–H groups in total. The van der Waals surface area contributed by atoms with E-state index in [1.165, 1.54) is 11.8 Å². The number of thioether (sulfide) groups is 1. The summed E-state index contributed by atoms with van der Waals surface area (Å²) in [4.78, 5) is 32.5. The van der Waals surface area contributed by atoms with Gasteiger partial charge in [0.15, 0.2) is 0 Å². The number of aliphatic carboxylic acids is 1. The summed E-state index contributed by atoms with van der Waals surface area (Å²) in [5.74, 6) is -0.885. The molecule has 0 aliphatic carbocycles. The maximum atomic E-state index is 12.5. The molecular weight excluding hydrogens is 290 g/mol. The van der Waals surface area contributed by atoms with Crippen LogP contribution in [0.5, 0.6) is 0 Å². The van der Waals surface area contributed by atoms with Gasteiger partial charge >= 0.3 is 5.97 Å². The zero-order valence-corrected chi connectivity index (χ0v) is 13.8. The number of carboxylic acid groups (broad SMARTS) is 1. The Balaban J connectivity index is 3.23. The van der Waals surface area contributed by atoms with E-state index in [0.717, 1.165) is 0 Å². The Morgan fingerprint density at radius 1 is 1.24 bits per heavy atom. The Hall–Kier alpha value is -1.63. The van der Waals surface area contributed by atoms with Crippen molar-refractivity contribution in [2.24, 2.45) is 0 Å². The van der Waals surface area contributed by atoms with E-state index in [2.05, 4.69) is 15.3 Å². The number of carboxylic acids is 1. The molecule has 1 aromatic rings. The molecule has 21 heavy (non-hydrogen) atoms. The van der Waals surface area contributed by atoms with Crippen LogP contribution >= 0.6 is 11.8 Å². The summed E-state index contributed by atoms with van der Waals surface area (Å²) in [7, 11) is 0. The highest BCUT2D eigenvalue weighted by Gasteiger charge is 2.37. The second-order valence-corrected chi connectivity index (χ2v) is 5.58. The number of amides is 1. The fourth-order valence-electron chi connectivity index (χ4n) is 2.15. The van der Waals surface area contributed by atoms with Gasteiger partial charge in [-0.15, -0.1) is 11.8 Å². The van der Waals surface area contributed by atoms with Crippen molar-refractivity contribution in [3.63, 3.8) is 0 Å². The monoisotopic (exact) mass is 311 g/mol. The van der Waals surface area contributed by atoms with E-state index in [0.29, 0.717) is 34.9 Å². The van der Waals surface area contributed by atoms with Crippen molar-refractivity contribution in [3.05, 3.63) is 17.1 Å². The van der Waals surface area contributed by atoms with Crippen LogP contribution in [0.2, 0.25) is 0 Å². The van der Waals surface area contributed by atoms with Crippen LogP contribution in [0, 0.1) is 13.8 Å². The second kappa shape index (κ2) is 6.89. The molecule has 0 bridgehead atoms. The van der Waals surface area contributed by atoms with Crippen LogP contribution in [0.15, 0.2) is 5.03 Å². The average molecular weight is 311 g/mol. The minimum atomic E-state index is -1.26. The first kappa shape index (κ1) is 17.4. The molecule has 1 aromatic heterocycles. The third kappa shape index (κ3) is 3.53. The van der Waals surface area contributed by atoms with Gasteiger partial charge in [0.2, 0.25) is 0 Å². The Bertz CT molecular complexity index is 557. The zero-order chi connectivity index (χ0) is 16.2. The average Bonchev–Trinajstić information content (AvgIpc) is 2.43. The number of hydrogen-bond donors (Lipinski definition) is 2. The van der Waals surface area contributed by atoms with E-state index < -0.39 is 17.4 Å².